The second-order valence-corrected chi connectivity index (χ2v) is 6.58. The highest BCUT2D eigenvalue weighted by Crippen LogP contribution is 2.30. The number of hydrogen-bond acceptors (Lipinski definition) is 5. The van der Waals surface area contributed by atoms with Gasteiger partial charge in [0.05, 0.1) is 13.3 Å². The van der Waals surface area contributed by atoms with Gasteiger partial charge in [0.2, 0.25) is 5.91 Å². The molecule has 2 N–H and O–H groups in total. The zero-order valence-electron chi connectivity index (χ0n) is 16.3. The number of ether oxygens (including phenoxy) is 1. The number of nitrogens with zero attached hydrogens (tertiary/aromatic N) is 3. The van der Waals surface area contributed by atoms with Crippen LogP contribution in [0.25, 0.3) is 16.9 Å². The number of carbonyl (C=O) groups is 1. The second-order valence-electron chi connectivity index (χ2n) is 6.58. The van der Waals surface area contributed by atoms with E-state index in [4.69, 9.17) is 4.74 Å². The van der Waals surface area contributed by atoms with Crippen molar-refractivity contribution in [2.45, 2.75) is 6.42 Å². The molecule has 1 amide bonds. The lowest BCUT2D eigenvalue weighted by Gasteiger charge is -2.10. The minimum Gasteiger partial charge on any atom is -0.497 e. The highest BCUT2D eigenvalue weighted by atomic mass is 19.1. The van der Waals surface area contributed by atoms with Gasteiger partial charge >= 0.3 is 0 Å². The fraction of sp³-hybridized carbons (Fsp3) is 0.136. The predicted molar refractivity (Wildman–Crippen MR) is 113 cm³/mol. The summed E-state index contributed by atoms with van der Waals surface area (Å²) < 4.78 is 20.5. The minimum absolute atomic E-state index is 0.201. The summed E-state index contributed by atoms with van der Waals surface area (Å²) in [5.41, 5.74) is 2.72. The van der Waals surface area contributed by atoms with E-state index in [1.54, 1.807) is 37.8 Å². The number of halogens is 1. The van der Waals surface area contributed by atoms with E-state index in [-0.39, 0.29) is 12.3 Å². The number of nitrogens with one attached hydrogen (secondary N) is 2. The van der Waals surface area contributed by atoms with Crippen molar-refractivity contribution in [1.29, 1.82) is 0 Å². The van der Waals surface area contributed by atoms with Crippen molar-refractivity contribution >= 4 is 23.1 Å². The van der Waals surface area contributed by atoms with Crippen LogP contribution in [-0.4, -0.2) is 33.9 Å². The van der Waals surface area contributed by atoms with E-state index < -0.39 is 5.82 Å². The molecule has 0 bridgehead atoms. The molecule has 0 saturated carbocycles. The highest BCUT2D eigenvalue weighted by molar-refractivity contribution is 5.91. The van der Waals surface area contributed by atoms with Crippen LogP contribution in [0.15, 0.2) is 67.1 Å². The van der Waals surface area contributed by atoms with Crippen LogP contribution in [0.4, 0.5) is 15.9 Å². The topological polar surface area (TPSA) is 80.6 Å². The molecule has 2 aromatic carbocycles. The molecular formula is C22H20FN5O2. The molecule has 152 valence electrons. The van der Waals surface area contributed by atoms with Crippen molar-refractivity contribution in [3.63, 3.8) is 0 Å². The fourth-order valence-electron chi connectivity index (χ4n) is 3.13. The van der Waals surface area contributed by atoms with Crippen LogP contribution in [0.1, 0.15) is 6.42 Å². The van der Waals surface area contributed by atoms with Gasteiger partial charge in [0.15, 0.2) is 5.65 Å². The number of aromatic nitrogens is 3. The zero-order valence-corrected chi connectivity index (χ0v) is 16.3. The van der Waals surface area contributed by atoms with Crippen molar-refractivity contribution in [1.82, 2.24) is 14.4 Å². The molecule has 0 atom stereocenters. The third kappa shape index (κ3) is 4.22. The maximum atomic E-state index is 13.3. The van der Waals surface area contributed by atoms with Crippen LogP contribution >= 0.6 is 0 Å². The first kappa shape index (κ1) is 19.4. The summed E-state index contributed by atoms with van der Waals surface area (Å²) in [5.74, 6) is 0.863. The van der Waals surface area contributed by atoms with Gasteiger partial charge in [0.25, 0.3) is 0 Å². The lowest BCUT2D eigenvalue weighted by atomic mass is 10.1. The van der Waals surface area contributed by atoms with Crippen molar-refractivity contribution in [3.05, 3.63) is 72.9 Å². The molecule has 0 aliphatic carbocycles. The number of methoxy groups -OCH3 is 1. The second kappa shape index (κ2) is 8.60. The van der Waals surface area contributed by atoms with Gasteiger partial charge in [-0.25, -0.2) is 9.37 Å². The number of imidazole rings is 1. The number of rotatable bonds is 7. The van der Waals surface area contributed by atoms with Crippen molar-refractivity contribution < 1.29 is 13.9 Å². The number of anilines is 2. The van der Waals surface area contributed by atoms with Crippen molar-refractivity contribution in [3.8, 4) is 17.0 Å². The van der Waals surface area contributed by atoms with Crippen LogP contribution in [-0.2, 0) is 4.79 Å². The SMILES string of the molecule is COc1cccc(-c2nc3cnccn3c2NCCC(=O)Nc2cccc(F)c2)c1. The number of fused-ring (bicyclic) bond motifs is 1. The van der Waals surface area contributed by atoms with Gasteiger partial charge in [-0.05, 0) is 30.3 Å². The monoisotopic (exact) mass is 405 g/mol. The molecule has 4 rings (SSSR count). The summed E-state index contributed by atoms with van der Waals surface area (Å²) in [4.78, 5) is 21.0. The number of carbonyl (C=O) groups excluding carboxylic acids is 1. The average Bonchev–Trinajstić information content (AvgIpc) is 3.12. The molecule has 2 aromatic heterocycles. The van der Waals surface area contributed by atoms with E-state index in [2.05, 4.69) is 20.6 Å². The molecule has 4 aromatic rings. The Balaban J connectivity index is 1.52. The smallest absolute Gasteiger partial charge is 0.226 e. The van der Waals surface area contributed by atoms with Gasteiger partial charge in [-0.3, -0.25) is 14.2 Å². The summed E-state index contributed by atoms with van der Waals surface area (Å²) in [6, 6.07) is 13.4. The van der Waals surface area contributed by atoms with Crippen LogP contribution < -0.4 is 15.4 Å². The quantitative estimate of drug-likeness (QED) is 0.486. The van der Waals surface area contributed by atoms with Gasteiger partial charge in [-0.2, -0.15) is 0 Å². The molecule has 0 radical (unpaired) electrons. The fourth-order valence-corrected chi connectivity index (χ4v) is 3.13. The Morgan fingerprint density at radius 3 is 2.90 bits per heavy atom. The minimum atomic E-state index is -0.395. The molecular weight excluding hydrogens is 385 g/mol. The maximum absolute atomic E-state index is 13.3. The van der Waals surface area contributed by atoms with Crippen LogP contribution in [0.2, 0.25) is 0 Å². The maximum Gasteiger partial charge on any atom is 0.226 e. The average molecular weight is 405 g/mol. The molecule has 30 heavy (non-hydrogen) atoms. The van der Waals surface area contributed by atoms with E-state index in [1.165, 1.54) is 12.1 Å². The Bertz CT molecular complexity index is 1190. The summed E-state index contributed by atoms with van der Waals surface area (Å²) in [7, 11) is 1.61. The molecule has 0 aliphatic heterocycles. The van der Waals surface area contributed by atoms with Crippen LogP contribution in [0.5, 0.6) is 5.75 Å². The predicted octanol–water partition coefficient (Wildman–Crippen LogP) is 3.98. The molecule has 0 saturated heterocycles. The van der Waals surface area contributed by atoms with E-state index >= 15 is 0 Å². The summed E-state index contributed by atoms with van der Waals surface area (Å²) in [6.07, 6.45) is 5.35. The van der Waals surface area contributed by atoms with Gasteiger partial charge in [0.1, 0.15) is 23.1 Å². The van der Waals surface area contributed by atoms with Gasteiger partial charge in [-0.1, -0.05) is 18.2 Å². The lowest BCUT2D eigenvalue weighted by molar-refractivity contribution is -0.115. The first-order chi connectivity index (χ1) is 14.6. The summed E-state index contributed by atoms with van der Waals surface area (Å²) in [5, 5.41) is 5.99. The lowest BCUT2D eigenvalue weighted by Crippen LogP contribution is -2.17. The Labute approximate surface area is 172 Å². The van der Waals surface area contributed by atoms with Crippen LogP contribution in [0, 0.1) is 5.82 Å². The van der Waals surface area contributed by atoms with Crippen molar-refractivity contribution in [2.75, 3.05) is 24.3 Å². The van der Waals surface area contributed by atoms with E-state index in [0.29, 0.717) is 17.9 Å². The highest BCUT2D eigenvalue weighted by Gasteiger charge is 2.15. The Kier molecular flexibility index (Phi) is 5.56. The first-order valence-electron chi connectivity index (χ1n) is 9.40. The molecule has 2 heterocycles. The van der Waals surface area contributed by atoms with Crippen molar-refractivity contribution in [2.24, 2.45) is 0 Å². The largest absolute Gasteiger partial charge is 0.497 e. The summed E-state index contributed by atoms with van der Waals surface area (Å²) >= 11 is 0. The van der Waals surface area contributed by atoms with E-state index in [0.717, 1.165) is 22.8 Å². The third-order valence-electron chi connectivity index (χ3n) is 4.53. The molecule has 8 heteroatoms. The third-order valence-corrected chi connectivity index (χ3v) is 4.53. The number of amides is 1. The van der Waals surface area contributed by atoms with E-state index in [9.17, 15) is 9.18 Å². The standard InChI is InChI=1S/C22H20FN5O2/c1-30-18-7-2-4-15(12-18)21-22(28-11-10-24-14-19(28)27-21)25-9-8-20(29)26-17-6-3-5-16(23)13-17/h2-7,10-14,25H,8-9H2,1H3,(H,26,29). The Morgan fingerprint density at radius 2 is 2.07 bits per heavy atom. The molecule has 0 aliphatic rings. The van der Waals surface area contributed by atoms with Crippen LogP contribution in [0.3, 0.4) is 0 Å². The van der Waals surface area contributed by atoms with E-state index in [1.807, 2.05) is 28.7 Å². The Morgan fingerprint density at radius 1 is 1.20 bits per heavy atom. The zero-order chi connectivity index (χ0) is 20.9. The number of benzene rings is 2. The van der Waals surface area contributed by atoms with Gasteiger partial charge < -0.3 is 15.4 Å². The van der Waals surface area contributed by atoms with Gasteiger partial charge in [0, 0.05) is 36.6 Å². The molecule has 7 nitrogen and oxygen atoms in total. The summed E-state index contributed by atoms with van der Waals surface area (Å²) in [6.45, 7) is 0.369. The molecule has 0 unspecified atom stereocenters. The number of hydrogen-bond donors (Lipinski definition) is 2. The normalized spacial score (nSPS) is 10.7. The van der Waals surface area contributed by atoms with Gasteiger partial charge in [-0.15, -0.1) is 0 Å². The first-order valence-corrected chi connectivity index (χ1v) is 9.40. The molecule has 0 fully saturated rings. The Hall–Kier alpha value is -3.94. The molecule has 0 spiro atoms.